The second-order valence-electron chi connectivity index (χ2n) is 6.78. The van der Waals surface area contributed by atoms with Crippen molar-refractivity contribution in [3.63, 3.8) is 0 Å². The lowest BCUT2D eigenvalue weighted by molar-refractivity contribution is -0.125. The molecule has 5 heteroatoms. The van der Waals surface area contributed by atoms with Crippen molar-refractivity contribution in [3.8, 4) is 0 Å². The Bertz CT molecular complexity index is 898. The van der Waals surface area contributed by atoms with Crippen molar-refractivity contribution in [2.45, 2.75) is 25.7 Å². The van der Waals surface area contributed by atoms with Crippen molar-refractivity contribution in [1.82, 2.24) is 0 Å². The summed E-state index contributed by atoms with van der Waals surface area (Å²) in [5.74, 6) is -8.71. The van der Waals surface area contributed by atoms with Crippen molar-refractivity contribution < 1.29 is 22.4 Å². The first-order chi connectivity index (χ1) is 11.8. The highest BCUT2D eigenvalue weighted by molar-refractivity contribution is 5.93. The Balaban J connectivity index is 2.20. The van der Waals surface area contributed by atoms with Gasteiger partial charge < -0.3 is 0 Å². The largest absolute Gasteiger partial charge is 0.299 e. The summed E-state index contributed by atoms with van der Waals surface area (Å²) in [6.45, 7) is 6.83. The zero-order valence-electron chi connectivity index (χ0n) is 13.6. The molecular weight excluding hydrogens is 332 g/mol. The smallest absolute Gasteiger partial charge is 0.197 e. The molecule has 0 heterocycles. The monoisotopic (exact) mass is 346 g/mol. The predicted molar refractivity (Wildman–Crippen MR) is 84.3 cm³/mol. The second kappa shape index (κ2) is 4.81. The van der Waals surface area contributed by atoms with Crippen LogP contribution in [0.2, 0.25) is 0 Å². The minimum Gasteiger partial charge on any atom is -0.299 e. The van der Waals surface area contributed by atoms with Gasteiger partial charge in [-0.15, -0.1) is 0 Å². The molecule has 0 amide bonds. The van der Waals surface area contributed by atoms with Gasteiger partial charge in [-0.2, -0.15) is 0 Å². The standard InChI is InChI=1S/C20H14F4O/c1-8(2)20(9(3)25)14-10-6-4-5-7-11(10)15(20)13-12(14)16(21)18(23)19(24)17(13)22/h4-7,14-15H,1H2,2-3H3/t14-,15-/m0/s1. The molecule has 0 spiro atoms. The molecule has 0 saturated carbocycles. The van der Waals surface area contributed by atoms with E-state index in [4.69, 9.17) is 0 Å². The topological polar surface area (TPSA) is 17.1 Å². The second-order valence-corrected chi connectivity index (χ2v) is 6.78. The Morgan fingerprint density at radius 3 is 1.60 bits per heavy atom. The number of Topliss-reactive ketones (excluding diaryl/α,β-unsaturated/α-hetero) is 1. The highest BCUT2D eigenvalue weighted by atomic mass is 19.2. The van der Waals surface area contributed by atoms with Gasteiger partial charge in [0.2, 0.25) is 0 Å². The van der Waals surface area contributed by atoms with E-state index < -0.39 is 40.5 Å². The summed E-state index contributed by atoms with van der Waals surface area (Å²) in [6.07, 6.45) is 0. The number of benzene rings is 2. The van der Waals surface area contributed by atoms with Crippen LogP contribution in [0.1, 0.15) is 47.9 Å². The summed E-state index contributed by atoms with van der Waals surface area (Å²) in [5, 5.41) is 0. The number of carbonyl (C=O) groups excluding carboxylic acids is 1. The van der Waals surface area contributed by atoms with Gasteiger partial charge in [-0.05, 0) is 25.0 Å². The van der Waals surface area contributed by atoms with Gasteiger partial charge in [0.1, 0.15) is 5.78 Å². The van der Waals surface area contributed by atoms with Crippen molar-refractivity contribution in [3.05, 3.63) is 81.9 Å². The molecule has 0 N–H and O–H groups in total. The van der Waals surface area contributed by atoms with E-state index in [1.54, 1.807) is 31.2 Å². The molecule has 2 bridgehead atoms. The van der Waals surface area contributed by atoms with Gasteiger partial charge >= 0.3 is 0 Å². The Kier molecular flexibility index (Phi) is 3.09. The van der Waals surface area contributed by atoms with Crippen LogP contribution in [-0.4, -0.2) is 5.78 Å². The Morgan fingerprint density at radius 1 is 0.880 bits per heavy atom. The zero-order chi connectivity index (χ0) is 18.3. The maximum atomic E-state index is 14.6. The molecule has 0 radical (unpaired) electrons. The molecule has 0 aromatic heterocycles. The van der Waals surface area contributed by atoms with E-state index in [0.717, 1.165) is 0 Å². The number of allylic oxidation sites excluding steroid dienone is 1. The SMILES string of the molecule is C=C(C)C1(C(C)=O)[C@H]2c3ccccc3[C@H]1c1c(F)c(F)c(F)c(F)c12. The molecule has 0 aliphatic heterocycles. The van der Waals surface area contributed by atoms with E-state index >= 15 is 0 Å². The first-order valence-electron chi connectivity index (χ1n) is 7.87. The minimum absolute atomic E-state index is 0.265. The third kappa shape index (κ3) is 1.57. The van der Waals surface area contributed by atoms with Crippen LogP contribution in [-0.2, 0) is 4.79 Å². The maximum absolute atomic E-state index is 14.6. The highest BCUT2D eigenvalue weighted by Gasteiger charge is 2.65. The van der Waals surface area contributed by atoms with Gasteiger partial charge in [-0.1, -0.05) is 36.4 Å². The van der Waals surface area contributed by atoms with E-state index in [-0.39, 0.29) is 16.9 Å². The fraction of sp³-hybridized carbons (Fsp3) is 0.250. The third-order valence-electron chi connectivity index (χ3n) is 5.74. The number of fused-ring (bicyclic) bond motifs is 8. The van der Waals surface area contributed by atoms with Gasteiger partial charge in [0.25, 0.3) is 0 Å². The molecule has 2 aromatic rings. The van der Waals surface area contributed by atoms with E-state index in [1.807, 2.05) is 0 Å². The molecule has 2 aromatic carbocycles. The van der Waals surface area contributed by atoms with E-state index in [9.17, 15) is 22.4 Å². The van der Waals surface area contributed by atoms with Crippen LogP contribution in [0.3, 0.4) is 0 Å². The van der Waals surface area contributed by atoms with E-state index in [0.29, 0.717) is 16.7 Å². The van der Waals surface area contributed by atoms with Crippen molar-refractivity contribution in [2.75, 3.05) is 0 Å². The Morgan fingerprint density at radius 2 is 1.28 bits per heavy atom. The molecule has 2 atom stereocenters. The molecule has 0 unspecified atom stereocenters. The Labute approximate surface area is 142 Å². The first kappa shape index (κ1) is 16.1. The fourth-order valence-electron chi connectivity index (χ4n) is 4.89. The molecule has 25 heavy (non-hydrogen) atoms. The molecule has 4 rings (SSSR count). The van der Waals surface area contributed by atoms with Crippen molar-refractivity contribution >= 4 is 5.78 Å². The number of halogens is 4. The molecule has 2 aliphatic rings. The average Bonchev–Trinajstić information content (AvgIpc) is 3.06. The highest BCUT2D eigenvalue weighted by Crippen LogP contribution is 2.70. The van der Waals surface area contributed by atoms with Gasteiger partial charge in [0.05, 0.1) is 5.41 Å². The predicted octanol–water partition coefficient (Wildman–Crippen LogP) is 4.99. The van der Waals surface area contributed by atoms with Crippen LogP contribution in [0.5, 0.6) is 0 Å². The molecular formula is C20H14F4O. The minimum atomic E-state index is -1.85. The quantitative estimate of drug-likeness (QED) is 0.324. The molecule has 2 aliphatic carbocycles. The van der Waals surface area contributed by atoms with Crippen LogP contribution >= 0.6 is 0 Å². The van der Waals surface area contributed by atoms with Gasteiger partial charge in [-0.25, -0.2) is 17.6 Å². The number of carbonyl (C=O) groups is 1. The summed E-state index contributed by atoms with van der Waals surface area (Å²) in [7, 11) is 0. The summed E-state index contributed by atoms with van der Waals surface area (Å²) in [4.78, 5) is 12.7. The number of hydrogen-bond donors (Lipinski definition) is 0. The van der Waals surface area contributed by atoms with Crippen LogP contribution < -0.4 is 0 Å². The van der Waals surface area contributed by atoms with Crippen molar-refractivity contribution in [1.29, 1.82) is 0 Å². The molecule has 0 saturated heterocycles. The van der Waals surface area contributed by atoms with E-state index in [2.05, 4.69) is 6.58 Å². The van der Waals surface area contributed by atoms with E-state index in [1.165, 1.54) is 6.92 Å². The molecule has 1 nitrogen and oxygen atoms in total. The maximum Gasteiger partial charge on any atom is 0.197 e. The van der Waals surface area contributed by atoms with Crippen LogP contribution in [0, 0.1) is 28.7 Å². The molecule has 128 valence electrons. The van der Waals surface area contributed by atoms with Gasteiger partial charge in [0.15, 0.2) is 23.3 Å². The van der Waals surface area contributed by atoms with Gasteiger partial charge in [-0.3, -0.25) is 4.79 Å². The first-order valence-corrected chi connectivity index (χ1v) is 7.87. The van der Waals surface area contributed by atoms with Crippen LogP contribution in [0.4, 0.5) is 17.6 Å². The fourth-order valence-corrected chi connectivity index (χ4v) is 4.89. The average molecular weight is 346 g/mol. The lowest BCUT2D eigenvalue weighted by Gasteiger charge is -2.33. The zero-order valence-corrected chi connectivity index (χ0v) is 13.6. The summed E-state index contributed by atoms with van der Waals surface area (Å²) in [5.41, 5.74) is -0.197. The number of ketones is 1. The normalized spacial score (nSPS) is 25.7. The third-order valence-corrected chi connectivity index (χ3v) is 5.74. The number of rotatable bonds is 2. The lowest BCUT2D eigenvalue weighted by atomic mass is 9.67. The van der Waals surface area contributed by atoms with Crippen molar-refractivity contribution in [2.24, 2.45) is 5.41 Å². The summed E-state index contributed by atoms with van der Waals surface area (Å²) in [6, 6.07) is 6.86. The summed E-state index contributed by atoms with van der Waals surface area (Å²) >= 11 is 0. The van der Waals surface area contributed by atoms with Crippen LogP contribution in [0.15, 0.2) is 36.4 Å². The molecule has 0 fully saturated rings. The number of hydrogen-bond acceptors (Lipinski definition) is 1. The summed E-state index contributed by atoms with van der Waals surface area (Å²) < 4.78 is 57.1. The van der Waals surface area contributed by atoms with Gasteiger partial charge in [0, 0.05) is 23.0 Å². The lowest BCUT2D eigenvalue weighted by Crippen LogP contribution is -2.34. The van der Waals surface area contributed by atoms with Crippen LogP contribution in [0.25, 0.3) is 0 Å². The Hall–Kier alpha value is -2.43.